The molecule has 0 spiro atoms. The minimum Gasteiger partial charge on any atom is -0.493 e. The van der Waals surface area contributed by atoms with Crippen molar-refractivity contribution in [2.24, 2.45) is 11.7 Å². The van der Waals surface area contributed by atoms with Crippen molar-refractivity contribution >= 4 is 24.2 Å². The van der Waals surface area contributed by atoms with Gasteiger partial charge in [0.25, 0.3) is 5.91 Å². The molecule has 1 aliphatic heterocycles. The summed E-state index contributed by atoms with van der Waals surface area (Å²) < 4.78 is 5.55. The van der Waals surface area contributed by atoms with Crippen molar-refractivity contribution in [3.63, 3.8) is 0 Å². The third-order valence-corrected chi connectivity index (χ3v) is 4.84. The minimum absolute atomic E-state index is 0. The fourth-order valence-corrected chi connectivity index (χ4v) is 2.93. The fraction of sp³-hybridized carbons (Fsp3) is 0.579. The number of nitrogens with zero attached hydrogens (tertiary/aromatic N) is 2. The summed E-state index contributed by atoms with van der Waals surface area (Å²) in [5, 5.41) is 0. The van der Waals surface area contributed by atoms with Gasteiger partial charge in [0.1, 0.15) is 5.75 Å². The van der Waals surface area contributed by atoms with Crippen molar-refractivity contribution in [2.45, 2.75) is 33.2 Å². The standard InChI is InChI=1S/C19H29N3O3.ClH/c1-4-14(3)17(20)19(24)22-12-10-21(11-13-22)18(23)15-8-6-7-9-16(15)25-5-2;/h6-9,14,17H,4-5,10-13,20H2,1-3H3;1H. The Morgan fingerprint density at radius 2 is 1.69 bits per heavy atom. The summed E-state index contributed by atoms with van der Waals surface area (Å²) in [5.74, 6) is 0.691. The first-order valence-electron chi connectivity index (χ1n) is 9.05. The van der Waals surface area contributed by atoms with Crippen molar-refractivity contribution < 1.29 is 14.3 Å². The number of hydrogen-bond donors (Lipinski definition) is 1. The third kappa shape index (κ3) is 5.11. The second kappa shape index (κ2) is 10.4. The normalized spacial score (nSPS) is 16.5. The molecule has 0 aromatic heterocycles. The average Bonchev–Trinajstić information content (AvgIpc) is 2.66. The van der Waals surface area contributed by atoms with Crippen LogP contribution in [0.25, 0.3) is 0 Å². The van der Waals surface area contributed by atoms with Gasteiger partial charge in [-0.25, -0.2) is 0 Å². The molecule has 1 aromatic rings. The molecule has 1 aliphatic rings. The molecule has 0 saturated carbocycles. The smallest absolute Gasteiger partial charge is 0.257 e. The van der Waals surface area contributed by atoms with E-state index in [1.807, 2.05) is 39.0 Å². The number of nitrogens with two attached hydrogens (primary N) is 1. The van der Waals surface area contributed by atoms with Gasteiger partial charge in [-0.05, 0) is 25.0 Å². The topological polar surface area (TPSA) is 75.9 Å². The van der Waals surface area contributed by atoms with Crippen LogP contribution in [-0.2, 0) is 4.79 Å². The van der Waals surface area contributed by atoms with E-state index < -0.39 is 6.04 Å². The second-order valence-corrected chi connectivity index (χ2v) is 6.46. The number of benzene rings is 1. The van der Waals surface area contributed by atoms with Gasteiger partial charge in [0.05, 0.1) is 18.2 Å². The maximum Gasteiger partial charge on any atom is 0.257 e. The van der Waals surface area contributed by atoms with Gasteiger partial charge in [-0.15, -0.1) is 12.4 Å². The zero-order chi connectivity index (χ0) is 18.4. The lowest BCUT2D eigenvalue weighted by Crippen LogP contribution is -2.55. The lowest BCUT2D eigenvalue weighted by atomic mass is 9.98. The molecule has 2 amide bonds. The molecular weight excluding hydrogens is 354 g/mol. The largest absolute Gasteiger partial charge is 0.493 e. The van der Waals surface area contributed by atoms with E-state index in [0.717, 1.165) is 6.42 Å². The molecule has 1 saturated heterocycles. The minimum atomic E-state index is -0.467. The quantitative estimate of drug-likeness (QED) is 0.816. The molecule has 146 valence electrons. The SMILES string of the molecule is CCOc1ccccc1C(=O)N1CCN(C(=O)C(N)C(C)CC)CC1.Cl. The number of halogens is 1. The van der Waals surface area contributed by atoms with Crippen LogP contribution in [0, 0.1) is 5.92 Å². The van der Waals surface area contributed by atoms with Crippen LogP contribution in [0.4, 0.5) is 0 Å². The number of para-hydroxylation sites is 1. The Balaban J connectivity index is 0.00000338. The molecule has 0 bridgehead atoms. The van der Waals surface area contributed by atoms with E-state index in [9.17, 15) is 9.59 Å². The van der Waals surface area contributed by atoms with Gasteiger partial charge >= 0.3 is 0 Å². The van der Waals surface area contributed by atoms with Crippen molar-refractivity contribution in [3.8, 4) is 5.75 Å². The van der Waals surface area contributed by atoms with Crippen LogP contribution in [0.2, 0.25) is 0 Å². The van der Waals surface area contributed by atoms with Crippen molar-refractivity contribution in [3.05, 3.63) is 29.8 Å². The van der Waals surface area contributed by atoms with E-state index in [0.29, 0.717) is 44.1 Å². The molecule has 1 heterocycles. The van der Waals surface area contributed by atoms with Gasteiger partial charge in [0.15, 0.2) is 0 Å². The van der Waals surface area contributed by atoms with Crippen LogP contribution in [-0.4, -0.2) is 60.4 Å². The van der Waals surface area contributed by atoms with Gasteiger partial charge in [0, 0.05) is 26.2 Å². The molecule has 7 heteroatoms. The van der Waals surface area contributed by atoms with E-state index in [4.69, 9.17) is 10.5 Å². The van der Waals surface area contributed by atoms with E-state index in [1.165, 1.54) is 0 Å². The molecule has 1 aromatic carbocycles. The van der Waals surface area contributed by atoms with Crippen LogP contribution < -0.4 is 10.5 Å². The monoisotopic (exact) mass is 383 g/mol. The van der Waals surface area contributed by atoms with Gasteiger partial charge < -0.3 is 20.3 Å². The number of ether oxygens (including phenoxy) is 1. The lowest BCUT2D eigenvalue weighted by molar-refractivity contribution is -0.135. The molecule has 2 N–H and O–H groups in total. The van der Waals surface area contributed by atoms with Crippen LogP contribution in [0.5, 0.6) is 5.75 Å². The summed E-state index contributed by atoms with van der Waals surface area (Å²) in [6, 6.07) is 6.81. The second-order valence-electron chi connectivity index (χ2n) is 6.46. The molecule has 2 unspecified atom stereocenters. The fourth-order valence-electron chi connectivity index (χ4n) is 2.93. The number of amides is 2. The van der Waals surface area contributed by atoms with E-state index >= 15 is 0 Å². The van der Waals surface area contributed by atoms with Crippen LogP contribution in [0.15, 0.2) is 24.3 Å². The summed E-state index contributed by atoms with van der Waals surface area (Å²) >= 11 is 0. The molecule has 2 rings (SSSR count). The first-order valence-corrected chi connectivity index (χ1v) is 9.05. The lowest BCUT2D eigenvalue weighted by Gasteiger charge is -2.36. The van der Waals surface area contributed by atoms with Crippen molar-refractivity contribution in [1.29, 1.82) is 0 Å². The summed E-state index contributed by atoms with van der Waals surface area (Å²) in [6.45, 7) is 8.50. The van der Waals surface area contributed by atoms with Crippen molar-refractivity contribution in [1.82, 2.24) is 9.80 Å². The Kier molecular flexibility index (Phi) is 8.88. The van der Waals surface area contributed by atoms with E-state index in [1.54, 1.807) is 15.9 Å². The maximum atomic E-state index is 12.8. The highest BCUT2D eigenvalue weighted by atomic mass is 35.5. The molecule has 26 heavy (non-hydrogen) atoms. The summed E-state index contributed by atoms with van der Waals surface area (Å²) in [7, 11) is 0. The predicted molar refractivity (Wildman–Crippen MR) is 105 cm³/mol. The highest BCUT2D eigenvalue weighted by molar-refractivity contribution is 5.97. The molecule has 6 nitrogen and oxygen atoms in total. The molecule has 0 aliphatic carbocycles. The Labute approximate surface area is 162 Å². The zero-order valence-corrected chi connectivity index (χ0v) is 16.6. The van der Waals surface area contributed by atoms with E-state index in [2.05, 4.69) is 0 Å². The Morgan fingerprint density at radius 1 is 1.12 bits per heavy atom. The Hall–Kier alpha value is -1.79. The molecule has 0 radical (unpaired) electrons. The average molecular weight is 384 g/mol. The van der Waals surface area contributed by atoms with Gasteiger partial charge in [-0.3, -0.25) is 9.59 Å². The van der Waals surface area contributed by atoms with Crippen LogP contribution in [0.1, 0.15) is 37.6 Å². The maximum absolute atomic E-state index is 12.8. The number of carbonyl (C=O) groups excluding carboxylic acids is 2. The number of hydrogen-bond acceptors (Lipinski definition) is 4. The molecule has 1 fully saturated rings. The summed E-state index contributed by atoms with van der Waals surface area (Å²) in [4.78, 5) is 28.8. The zero-order valence-electron chi connectivity index (χ0n) is 15.8. The first kappa shape index (κ1) is 22.3. The van der Waals surface area contributed by atoms with Gasteiger partial charge in [0.2, 0.25) is 5.91 Å². The third-order valence-electron chi connectivity index (χ3n) is 4.84. The molecule has 2 atom stereocenters. The van der Waals surface area contributed by atoms with Crippen LogP contribution in [0.3, 0.4) is 0 Å². The molecular formula is C19H30ClN3O3. The predicted octanol–water partition coefficient (Wildman–Crippen LogP) is 2.16. The Morgan fingerprint density at radius 3 is 2.27 bits per heavy atom. The highest BCUT2D eigenvalue weighted by Crippen LogP contribution is 2.21. The van der Waals surface area contributed by atoms with E-state index in [-0.39, 0.29) is 30.1 Å². The number of rotatable bonds is 6. The number of carbonyl (C=O) groups is 2. The highest BCUT2D eigenvalue weighted by Gasteiger charge is 2.30. The van der Waals surface area contributed by atoms with Crippen molar-refractivity contribution in [2.75, 3.05) is 32.8 Å². The van der Waals surface area contributed by atoms with Crippen LogP contribution >= 0.6 is 12.4 Å². The van der Waals surface area contributed by atoms with Gasteiger partial charge in [-0.1, -0.05) is 32.4 Å². The summed E-state index contributed by atoms with van der Waals surface area (Å²) in [6.07, 6.45) is 0.875. The van der Waals surface area contributed by atoms with Gasteiger partial charge in [-0.2, -0.15) is 0 Å². The Bertz CT molecular complexity index is 603. The number of piperazine rings is 1. The first-order chi connectivity index (χ1) is 12.0. The summed E-state index contributed by atoms with van der Waals surface area (Å²) in [5.41, 5.74) is 6.62.